The topological polar surface area (TPSA) is 43.3 Å². The van der Waals surface area contributed by atoms with Crippen LogP contribution in [0.1, 0.15) is 32.3 Å². The normalized spacial score (nSPS) is 16.1. The maximum absolute atomic E-state index is 5.76. The van der Waals surface area contributed by atoms with E-state index in [1.54, 1.807) is 7.11 Å². The molecule has 0 unspecified atom stereocenters. The van der Waals surface area contributed by atoms with Crippen LogP contribution in [0, 0.1) is 0 Å². The molecule has 1 aliphatic heterocycles. The number of hydrogen-bond donors (Lipinski definition) is 0. The second-order valence-electron chi connectivity index (χ2n) is 5.21. The Morgan fingerprint density at radius 2 is 2.09 bits per heavy atom. The van der Waals surface area contributed by atoms with Crippen molar-refractivity contribution < 1.29 is 14.3 Å². The van der Waals surface area contributed by atoms with Crippen molar-refractivity contribution in [3.05, 3.63) is 23.8 Å². The molecule has 0 amide bonds. The Kier molecular flexibility index (Phi) is 6.52. The molecule has 1 aromatic rings. The van der Waals surface area contributed by atoms with E-state index in [2.05, 4.69) is 23.9 Å². The van der Waals surface area contributed by atoms with Crippen LogP contribution in [-0.2, 0) is 4.84 Å². The van der Waals surface area contributed by atoms with E-state index >= 15 is 0 Å². The predicted molar refractivity (Wildman–Crippen MR) is 88.0 cm³/mol. The third-order valence-electron chi connectivity index (χ3n) is 3.88. The van der Waals surface area contributed by atoms with Crippen LogP contribution < -0.4 is 9.47 Å². The number of ether oxygens (including phenoxy) is 2. The molecular formula is C17H26N2O3. The monoisotopic (exact) mass is 306 g/mol. The van der Waals surface area contributed by atoms with Gasteiger partial charge in [0.1, 0.15) is 18.1 Å². The van der Waals surface area contributed by atoms with Crippen LogP contribution in [0.3, 0.4) is 0 Å². The minimum atomic E-state index is 0.603. The van der Waals surface area contributed by atoms with E-state index in [9.17, 15) is 0 Å². The van der Waals surface area contributed by atoms with Crippen LogP contribution in [0.25, 0.3) is 0 Å². The molecule has 0 fully saturated rings. The van der Waals surface area contributed by atoms with Gasteiger partial charge in [-0.3, -0.25) is 0 Å². The first kappa shape index (κ1) is 16.6. The molecule has 0 saturated heterocycles. The van der Waals surface area contributed by atoms with E-state index in [1.807, 2.05) is 18.2 Å². The van der Waals surface area contributed by atoms with Gasteiger partial charge in [-0.05, 0) is 44.1 Å². The molecular weight excluding hydrogens is 280 g/mol. The lowest BCUT2D eigenvalue weighted by Crippen LogP contribution is -2.26. The highest BCUT2D eigenvalue weighted by Gasteiger charge is 2.16. The molecule has 0 saturated carbocycles. The molecule has 0 spiro atoms. The van der Waals surface area contributed by atoms with Gasteiger partial charge < -0.3 is 19.2 Å². The van der Waals surface area contributed by atoms with Crippen molar-refractivity contribution in [1.82, 2.24) is 4.90 Å². The average molecular weight is 306 g/mol. The molecule has 1 aliphatic rings. The molecule has 0 atom stereocenters. The molecule has 22 heavy (non-hydrogen) atoms. The smallest absolute Gasteiger partial charge is 0.129 e. The van der Waals surface area contributed by atoms with Crippen LogP contribution in [0.5, 0.6) is 11.5 Å². The van der Waals surface area contributed by atoms with Crippen LogP contribution >= 0.6 is 0 Å². The zero-order valence-corrected chi connectivity index (χ0v) is 13.8. The lowest BCUT2D eigenvalue weighted by atomic mass is 10.1. The number of methoxy groups -OCH3 is 1. The Balaban J connectivity index is 2.05. The minimum absolute atomic E-state index is 0.603. The van der Waals surface area contributed by atoms with Gasteiger partial charge >= 0.3 is 0 Å². The maximum atomic E-state index is 5.76. The number of hydrogen-bond acceptors (Lipinski definition) is 5. The molecule has 0 bridgehead atoms. The second kappa shape index (κ2) is 8.63. The summed E-state index contributed by atoms with van der Waals surface area (Å²) in [4.78, 5) is 7.86. The van der Waals surface area contributed by atoms with Gasteiger partial charge in [0.2, 0.25) is 0 Å². The van der Waals surface area contributed by atoms with Gasteiger partial charge in [-0.15, -0.1) is 0 Å². The van der Waals surface area contributed by atoms with Crippen molar-refractivity contribution in [2.75, 3.05) is 40.0 Å². The summed E-state index contributed by atoms with van der Waals surface area (Å²) in [6, 6.07) is 5.81. The van der Waals surface area contributed by atoms with E-state index in [-0.39, 0.29) is 0 Å². The fraction of sp³-hybridized carbons (Fsp3) is 0.588. The lowest BCUT2D eigenvalue weighted by molar-refractivity contribution is 0.114. The van der Waals surface area contributed by atoms with Gasteiger partial charge in [-0.2, -0.15) is 0 Å². The van der Waals surface area contributed by atoms with Crippen molar-refractivity contribution in [3.8, 4) is 11.5 Å². The summed E-state index contributed by atoms with van der Waals surface area (Å²) in [7, 11) is 1.66. The number of benzene rings is 1. The maximum Gasteiger partial charge on any atom is 0.129 e. The summed E-state index contributed by atoms with van der Waals surface area (Å²) in [6.07, 6.45) is 1.79. The van der Waals surface area contributed by atoms with Gasteiger partial charge in [-0.25, -0.2) is 0 Å². The van der Waals surface area contributed by atoms with Crippen molar-refractivity contribution >= 4 is 5.71 Å². The summed E-state index contributed by atoms with van der Waals surface area (Å²) < 4.78 is 11.1. The Morgan fingerprint density at radius 1 is 1.27 bits per heavy atom. The van der Waals surface area contributed by atoms with Gasteiger partial charge in [0.15, 0.2) is 0 Å². The fourth-order valence-electron chi connectivity index (χ4n) is 2.47. The highest BCUT2D eigenvalue weighted by molar-refractivity contribution is 6.03. The predicted octanol–water partition coefficient (Wildman–Crippen LogP) is 2.93. The van der Waals surface area contributed by atoms with Gasteiger partial charge in [0.25, 0.3) is 0 Å². The number of fused-ring (bicyclic) bond motifs is 1. The van der Waals surface area contributed by atoms with E-state index in [0.29, 0.717) is 13.2 Å². The summed E-state index contributed by atoms with van der Waals surface area (Å²) in [5, 5.41) is 4.35. The molecule has 5 nitrogen and oxygen atoms in total. The summed E-state index contributed by atoms with van der Waals surface area (Å²) in [5.41, 5.74) is 1.91. The Morgan fingerprint density at radius 3 is 2.82 bits per heavy atom. The van der Waals surface area contributed by atoms with Gasteiger partial charge in [0.05, 0.1) is 19.4 Å². The van der Waals surface area contributed by atoms with Crippen molar-refractivity contribution in [1.29, 1.82) is 0 Å². The zero-order valence-electron chi connectivity index (χ0n) is 13.8. The second-order valence-corrected chi connectivity index (χ2v) is 5.21. The Bertz CT molecular complexity index is 499. The first-order valence-electron chi connectivity index (χ1n) is 8.00. The van der Waals surface area contributed by atoms with Crippen LogP contribution in [-0.4, -0.2) is 50.6 Å². The van der Waals surface area contributed by atoms with Gasteiger partial charge in [0, 0.05) is 12.1 Å². The van der Waals surface area contributed by atoms with Crippen molar-refractivity contribution in [2.24, 2.45) is 5.16 Å². The summed E-state index contributed by atoms with van der Waals surface area (Å²) in [6.45, 7) is 8.57. The number of likely N-dealkylation sites (N-methyl/N-ethyl adjacent to an activating group) is 1. The van der Waals surface area contributed by atoms with E-state index in [0.717, 1.165) is 55.3 Å². The highest BCUT2D eigenvalue weighted by atomic mass is 16.6. The molecule has 5 heteroatoms. The fourth-order valence-corrected chi connectivity index (χ4v) is 2.47. The van der Waals surface area contributed by atoms with Crippen LogP contribution in [0.15, 0.2) is 23.4 Å². The summed E-state index contributed by atoms with van der Waals surface area (Å²) >= 11 is 0. The molecule has 0 aromatic heterocycles. The molecule has 2 rings (SSSR count). The number of oxime groups is 1. The Labute approximate surface area is 132 Å². The van der Waals surface area contributed by atoms with Crippen molar-refractivity contribution in [2.45, 2.75) is 26.7 Å². The highest BCUT2D eigenvalue weighted by Crippen LogP contribution is 2.28. The molecule has 1 aromatic carbocycles. The molecule has 122 valence electrons. The lowest BCUT2D eigenvalue weighted by Gasteiger charge is -2.16. The van der Waals surface area contributed by atoms with Gasteiger partial charge in [-0.1, -0.05) is 19.0 Å². The first-order chi connectivity index (χ1) is 10.8. The van der Waals surface area contributed by atoms with E-state index in [1.165, 1.54) is 0 Å². The standard InChI is InChI=1S/C17H26N2O3/c1-4-19(5-2)10-12-22-18-16-7-6-11-21-17-9-8-14(20-3)13-15(16)17/h8-9,13H,4-7,10-12H2,1-3H3/b18-16-. The van der Waals surface area contributed by atoms with Crippen LogP contribution in [0.4, 0.5) is 0 Å². The van der Waals surface area contributed by atoms with Crippen LogP contribution in [0.2, 0.25) is 0 Å². The Hall–Kier alpha value is -1.75. The largest absolute Gasteiger partial charge is 0.497 e. The molecule has 0 N–H and O–H groups in total. The molecule has 1 heterocycles. The summed E-state index contributed by atoms with van der Waals surface area (Å²) in [5.74, 6) is 1.66. The zero-order chi connectivity index (χ0) is 15.8. The molecule has 0 aliphatic carbocycles. The number of rotatable bonds is 7. The minimum Gasteiger partial charge on any atom is -0.497 e. The first-order valence-corrected chi connectivity index (χ1v) is 8.00. The molecule has 0 radical (unpaired) electrons. The van der Waals surface area contributed by atoms with Crippen molar-refractivity contribution in [3.63, 3.8) is 0 Å². The quantitative estimate of drug-likeness (QED) is 0.574. The third kappa shape index (κ3) is 4.37. The third-order valence-corrected chi connectivity index (χ3v) is 3.88. The average Bonchev–Trinajstić information content (AvgIpc) is 2.76. The SMILES string of the molecule is CCN(CC)CCO/N=C1/CCCOc2ccc(OC)cc21. The number of nitrogens with zero attached hydrogens (tertiary/aromatic N) is 2. The van der Waals surface area contributed by atoms with E-state index < -0.39 is 0 Å². The van der Waals surface area contributed by atoms with E-state index in [4.69, 9.17) is 14.3 Å².